The molecule has 1 amide bonds. The molecule has 0 fully saturated rings. The lowest BCUT2D eigenvalue weighted by atomic mass is 10.1. The quantitative estimate of drug-likeness (QED) is 0.646. The van der Waals surface area contributed by atoms with E-state index in [1.807, 2.05) is 0 Å². The molecule has 31 heavy (non-hydrogen) atoms. The van der Waals surface area contributed by atoms with Crippen LogP contribution in [-0.4, -0.2) is 33.9 Å². The SMILES string of the molecule is NC(=O)CCn1nc(Cc2cccc(C(F)(F)F)c2)nc1-c1ccc2c(c1)OCCO2. The predicted molar refractivity (Wildman–Crippen MR) is 105 cm³/mol. The Balaban J connectivity index is 1.66. The van der Waals surface area contributed by atoms with Crippen molar-refractivity contribution >= 4 is 5.91 Å². The number of aryl methyl sites for hydroxylation is 1. The van der Waals surface area contributed by atoms with Gasteiger partial charge in [-0.05, 0) is 29.8 Å². The zero-order valence-electron chi connectivity index (χ0n) is 16.4. The van der Waals surface area contributed by atoms with E-state index in [0.717, 1.165) is 12.1 Å². The fraction of sp³-hybridized carbons (Fsp3) is 0.286. The molecule has 0 spiro atoms. The third-order valence-corrected chi connectivity index (χ3v) is 4.70. The number of hydrogen-bond donors (Lipinski definition) is 1. The molecule has 10 heteroatoms. The van der Waals surface area contributed by atoms with Crippen molar-refractivity contribution in [3.05, 3.63) is 59.4 Å². The number of aromatic nitrogens is 3. The van der Waals surface area contributed by atoms with Gasteiger partial charge in [0.25, 0.3) is 0 Å². The van der Waals surface area contributed by atoms with Gasteiger partial charge in [0, 0.05) is 18.4 Å². The van der Waals surface area contributed by atoms with Crippen LogP contribution >= 0.6 is 0 Å². The Morgan fingerprint density at radius 2 is 1.87 bits per heavy atom. The standard InChI is InChI=1S/C21H19F3N4O3/c22-21(23,24)15-3-1-2-13(10-15)11-19-26-20(28(27-19)7-6-18(25)29)14-4-5-16-17(12-14)31-9-8-30-16/h1-5,10,12H,6-9,11H2,(H2,25,29). The second-order valence-electron chi connectivity index (χ2n) is 7.02. The maximum atomic E-state index is 13.0. The van der Waals surface area contributed by atoms with Crippen molar-refractivity contribution in [1.82, 2.24) is 14.8 Å². The van der Waals surface area contributed by atoms with Gasteiger partial charge in [-0.15, -0.1) is 0 Å². The molecule has 1 aromatic heterocycles. The molecule has 2 aromatic carbocycles. The molecule has 1 aliphatic heterocycles. The number of halogens is 3. The highest BCUT2D eigenvalue weighted by Crippen LogP contribution is 2.34. The number of carbonyl (C=O) groups is 1. The zero-order chi connectivity index (χ0) is 22.0. The van der Waals surface area contributed by atoms with Gasteiger partial charge in [0.1, 0.15) is 13.2 Å². The molecule has 162 valence electrons. The Bertz CT molecular complexity index is 1110. The molecular formula is C21H19F3N4O3. The zero-order valence-corrected chi connectivity index (χ0v) is 16.4. The van der Waals surface area contributed by atoms with Gasteiger partial charge < -0.3 is 15.2 Å². The number of rotatable bonds is 6. The van der Waals surface area contributed by atoms with Crippen LogP contribution < -0.4 is 15.2 Å². The minimum Gasteiger partial charge on any atom is -0.486 e. The fourth-order valence-corrected chi connectivity index (χ4v) is 3.27. The summed E-state index contributed by atoms with van der Waals surface area (Å²) in [6.07, 6.45) is -4.28. The molecule has 3 aromatic rings. The lowest BCUT2D eigenvalue weighted by molar-refractivity contribution is -0.137. The first-order valence-electron chi connectivity index (χ1n) is 9.58. The highest BCUT2D eigenvalue weighted by molar-refractivity contribution is 5.73. The van der Waals surface area contributed by atoms with Crippen LogP contribution in [-0.2, 0) is 23.9 Å². The number of alkyl halides is 3. The van der Waals surface area contributed by atoms with Gasteiger partial charge in [-0.1, -0.05) is 18.2 Å². The number of hydrogen-bond acceptors (Lipinski definition) is 5. The molecule has 2 heterocycles. The summed E-state index contributed by atoms with van der Waals surface area (Å²) < 4.78 is 51.7. The minimum atomic E-state index is -4.43. The van der Waals surface area contributed by atoms with E-state index in [-0.39, 0.29) is 19.4 Å². The number of benzene rings is 2. The van der Waals surface area contributed by atoms with Crippen LogP contribution in [0, 0.1) is 0 Å². The van der Waals surface area contributed by atoms with E-state index < -0.39 is 17.6 Å². The van der Waals surface area contributed by atoms with Crippen molar-refractivity contribution in [2.24, 2.45) is 5.73 Å². The van der Waals surface area contributed by atoms with Gasteiger partial charge in [0.2, 0.25) is 5.91 Å². The molecule has 0 aliphatic carbocycles. The van der Waals surface area contributed by atoms with Gasteiger partial charge in [0.05, 0.1) is 12.1 Å². The van der Waals surface area contributed by atoms with Gasteiger partial charge in [-0.3, -0.25) is 4.79 Å². The van der Waals surface area contributed by atoms with Crippen molar-refractivity contribution in [3.8, 4) is 22.9 Å². The van der Waals surface area contributed by atoms with Crippen LogP contribution in [0.2, 0.25) is 0 Å². The normalized spacial score (nSPS) is 13.3. The smallest absolute Gasteiger partial charge is 0.416 e. The van der Waals surface area contributed by atoms with E-state index in [4.69, 9.17) is 15.2 Å². The largest absolute Gasteiger partial charge is 0.486 e. The summed E-state index contributed by atoms with van der Waals surface area (Å²) in [6.45, 7) is 1.07. The first kappa shape index (κ1) is 20.7. The van der Waals surface area contributed by atoms with E-state index in [1.54, 1.807) is 24.3 Å². The Kier molecular flexibility index (Phi) is 5.53. The number of carbonyl (C=O) groups excluding carboxylic acids is 1. The van der Waals surface area contributed by atoms with E-state index >= 15 is 0 Å². The Hall–Kier alpha value is -3.56. The maximum Gasteiger partial charge on any atom is 0.416 e. The summed E-state index contributed by atoms with van der Waals surface area (Å²) in [6, 6.07) is 10.3. The van der Waals surface area contributed by atoms with Gasteiger partial charge in [-0.25, -0.2) is 9.67 Å². The highest BCUT2D eigenvalue weighted by Gasteiger charge is 2.30. The molecular weight excluding hydrogens is 413 g/mol. The maximum absolute atomic E-state index is 13.0. The summed E-state index contributed by atoms with van der Waals surface area (Å²) in [4.78, 5) is 15.8. The van der Waals surface area contributed by atoms with Gasteiger partial charge >= 0.3 is 6.18 Å². The van der Waals surface area contributed by atoms with Crippen molar-refractivity contribution in [3.63, 3.8) is 0 Å². The summed E-state index contributed by atoms with van der Waals surface area (Å²) in [5.74, 6) is 1.46. The lowest BCUT2D eigenvalue weighted by Gasteiger charge is -2.18. The molecule has 0 bridgehead atoms. The van der Waals surface area contributed by atoms with Crippen LogP contribution in [0.4, 0.5) is 13.2 Å². The topological polar surface area (TPSA) is 92.3 Å². The minimum absolute atomic E-state index is 0.0455. The van der Waals surface area contributed by atoms with Crippen molar-refractivity contribution < 1.29 is 27.4 Å². The van der Waals surface area contributed by atoms with Crippen molar-refractivity contribution in [1.29, 1.82) is 0 Å². The van der Waals surface area contributed by atoms with Crippen LogP contribution in [0.5, 0.6) is 11.5 Å². The molecule has 1 aliphatic rings. The van der Waals surface area contributed by atoms with E-state index in [2.05, 4.69) is 10.1 Å². The van der Waals surface area contributed by atoms with Crippen LogP contribution in [0.25, 0.3) is 11.4 Å². The molecule has 2 N–H and O–H groups in total. The number of ether oxygens (including phenoxy) is 2. The molecule has 0 atom stereocenters. The van der Waals surface area contributed by atoms with Crippen LogP contribution in [0.1, 0.15) is 23.4 Å². The van der Waals surface area contributed by atoms with E-state index in [0.29, 0.717) is 47.5 Å². The van der Waals surface area contributed by atoms with Gasteiger partial charge in [-0.2, -0.15) is 18.3 Å². The molecule has 0 saturated carbocycles. The number of nitrogens with two attached hydrogens (primary N) is 1. The van der Waals surface area contributed by atoms with Crippen molar-refractivity contribution in [2.45, 2.75) is 25.6 Å². The molecule has 4 rings (SSSR count). The van der Waals surface area contributed by atoms with E-state index in [9.17, 15) is 18.0 Å². The monoisotopic (exact) mass is 432 g/mol. The molecule has 0 radical (unpaired) electrons. The molecule has 7 nitrogen and oxygen atoms in total. The summed E-state index contributed by atoms with van der Waals surface area (Å²) in [5.41, 5.74) is 5.64. The Morgan fingerprint density at radius 1 is 1.10 bits per heavy atom. The number of nitrogens with zero attached hydrogens (tertiary/aromatic N) is 3. The number of amides is 1. The third kappa shape index (κ3) is 4.79. The summed E-state index contributed by atoms with van der Waals surface area (Å²) in [7, 11) is 0. The fourth-order valence-electron chi connectivity index (χ4n) is 3.27. The molecule has 0 unspecified atom stereocenters. The van der Waals surface area contributed by atoms with Gasteiger partial charge in [0.15, 0.2) is 23.1 Å². The summed E-state index contributed by atoms with van der Waals surface area (Å²) >= 11 is 0. The average molecular weight is 432 g/mol. The summed E-state index contributed by atoms with van der Waals surface area (Å²) in [5, 5.41) is 4.40. The first-order chi connectivity index (χ1) is 14.8. The lowest BCUT2D eigenvalue weighted by Crippen LogP contribution is -2.16. The Labute approximate surface area is 175 Å². The average Bonchev–Trinajstić information content (AvgIpc) is 3.14. The van der Waals surface area contributed by atoms with E-state index in [1.165, 1.54) is 10.7 Å². The second kappa shape index (κ2) is 8.29. The Morgan fingerprint density at radius 3 is 2.61 bits per heavy atom. The first-order valence-corrected chi connectivity index (χ1v) is 9.58. The third-order valence-electron chi connectivity index (χ3n) is 4.70. The molecule has 0 saturated heterocycles. The number of primary amides is 1. The second-order valence-corrected chi connectivity index (χ2v) is 7.02. The van der Waals surface area contributed by atoms with Crippen LogP contribution in [0.3, 0.4) is 0 Å². The number of fused-ring (bicyclic) bond motifs is 1. The highest BCUT2D eigenvalue weighted by atomic mass is 19.4. The van der Waals surface area contributed by atoms with Crippen LogP contribution in [0.15, 0.2) is 42.5 Å². The van der Waals surface area contributed by atoms with Crippen molar-refractivity contribution in [2.75, 3.05) is 13.2 Å². The predicted octanol–water partition coefficient (Wildman–Crippen LogP) is 3.20.